The molecule has 2 aromatic rings. The van der Waals surface area contributed by atoms with Crippen LogP contribution >= 0.6 is 11.3 Å². The van der Waals surface area contributed by atoms with Gasteiger partial charge in [0.15, 0.2) is 5.96 Å². The minimum absolute atomic E-state index is 0.0850. The molecule has 0 bridgehead atoms. The van der Waals surface area contributed by atoms with Gasteiger partial charge >= 0.3 is 6.18 Å². The van der Waals surface area contributed by atoms with Crippen molar-refractivity contribution >= 4 is 17.3 Å². The smallest absolute Gasteiger partial charge is 0.379 e. The van der Waals surface area contributed by atoms with Crippen molar-refractivity contribution in [2.24, 2.45) is 4.99 Å². The Morgan fingerprint density at radius 1 is 1.17 bits per heavy atom. The van der Waals surface area contributed by atoms with Gasteiger partial charge in [0.05, 0.1) is 31.4 Å². The van der Waals surface area contributed by atoms with E-state index >= 15 is 0 Å². The van der Waals surface area contributed by atoms with Gasteiger partial charge in [-0.2, -0.15) is 13.2 Å². The van der Waals surface area contributed by atoms with Crippen LogP contribution in [-0.4, -0.2) is 50.8 Å². The maximum absolute atomic E-state index is 12.9. The van der Waals surface area contributed by atoms with Crippen LogP contribution in [0, 0.1) is 6.92 Å². The van der Waals surface area contributed by atoms with Crippen LogP contribution in [-0.2, 0) is 17.5 Å². The monoisotopic (exact) mass is 440 g/mol. The lowest BCUT2D eigenvalue weighted by atomic mass is 10.0. The predicted molar refractivity (Wildman–Crippen MR) is 114 cm³/mol. The molecule has 0 radical (unpaired) electrons. The quantitative estimate of drug-likeness (QED) is 0.530. The zero-order valence-corrected chi connectivity index (χ0v) is 17.9. The molecule has 1 atom stereocenters. The van der Waals surface area contributed by atoms with E-state index in [4.69, 9.17) is 4.74 Å². The number of nitrogens with zero attached hydrogens (tertiary/aromatic N) is 2. The summed E-state index contributed by atoms with van der Waals surface area (Å²) in [6, 6.07) is 7.42. The van der Waals surface area contributed by atoms with Gasteiger partial charge in [-0.15, -0.1) is 11.3 Å². The highest BCUT2D eigenvalue weighted by molar-refractivity contribution is 7.10. The van der Waals surface area contributed by atoms with Crippen LogP contribution in [0.5, 0.6) is 0 Å². The van der Waals surface area contributed by atoms with E-state index in [1.807, 2.05) is 0 Å². The van der Waals surface area contributed by atoms with Crippen LogP contribution in [0.25, 0.3) is 0 Å². The first-order valence-electron chi connectivity index (χ1n) is 9.85. The van der Waals surface area contributed by atoms with Gasteiger partial charge in [-0.05, 0) is 41.6 Å². The molecule has 1 aliphatic heterocycles. The Bertz CT molecular complexity index is 830. The van der Waals surface area contributed by atoms with E-state index in [0.29, 0.717) is 32.3 Å². The number of aryl methyl sites for hydroxylation is 1. The molecule has 1 saturated heterocycles. The van der Waals surface area contributed by atoms with Crippen LogP contribution in [0.4, 0.5) is 13.2 Å². The number of benzene rings is 1. The van der Waals surface area contributed by atoms with Gasteiger partial charge in [-0.25, -0.2) is 0 Å². The molecule has 9 heteroatoms. The molecular weight excluding hydrogens is 413 g/mol. The van der Waals surface area contributed by atoms with Gasteiger partial charge in [-0.1, -0.05) is 12.1 Å². The van der Waals surface area contributed by atoms with Crippen molar-refractivity contribution < 1.29 is 17.9 Å². The maximum atomic E-state index is 12.9. The second kappa shape index (κ2) is 10.3. The Kier molecular flexibility index (Phi) is 7.74. The minimum Gasteiger partial charge on any atom is -0.379 e. The van der Waals surface area contributed by atoms with Crippen LogP contribution in [0.2, 0.25) is 0 Å². The summed E-state index contributed by atoms with van der Waals surface area (Å²) in [6.07, 6.45) is -4.34. The molecule has 2 heterocycles. The van der Waals surface area contributed by atoms with Gasteiger partial charge in [0, 0.05) is 31.6 Å². The van der Waals surface area contributed by atoms with E-state index in [-0.39, 0.29) is 6.04 Å². The molecule has 5 nitrogen and oxygen atoms in total. The number of hydrogen-bond donors (Lipinski definition) is 2. The Morgan fingerprint density at radius 2 is 1.87 bits per heavy atom. The number of rotatable bonds is 6. The lowest BCUT2D eigenvalue weighted by Gasteiger charge is -2.35. The fourth-order valence-electron chi connectivity index (χ4n) is 3.40. The largest absolute Gasteiger partial charge is 0.416 e. The number of guanidine groups is 1. The lowest BCUT2D eigenvalue weighted by Crippen LogP contribution is -2.46. The van der Waals surface area contributed by atoms with Gasteiger partial charge in [0.1, 0.15) is 0 Å². The second-order valence-corrected chi connectivity index (χ2v) is 8.12. The van der Waals surface area contributed by atoms with Gasteiger partial charge < -0.3 is 15.4 Å². The van der Waals surface area contributed by atoms with Crippen molar-refractivity contribution in [2.45, 2.75) is 25.7 Å². The van der Waals surface area contributed by atoms with E-state index < -0.39 is 11.7 Å². The first-order chi connectivity index (χ1) is 14.4. The summed E-state index contributed by atoms with van der Waals surface area (Å²) in [4.78, 5) is 7.75. The molecule has 30 heavy (non-hydrogen) atoms. The topological polar surface area (TPSA) is 48.9 Å². The molecular formula is C21H27F3N4OS. The number of morpholine rings is 1. The SMILES string of the molecule is CN=C(NCc1sccc1C)NCC(c1ccc(C(F)(F)F)cc1)N1CCOCC1. The number of halogens is 3. The Balaban J connectivity index is 1.68. The van der Waals surface area contributed by atoms with E-state index in [0.717, 1.165) is 30.8 Å². The number of ether oxygens (including phenoxy) is 1. The molecule has 1 aliphatic rings. The predicted octanol–water partition coefficient (Wildman–Crippen LogP) is 3.81. The summed E-state index contributed by atoms with van der Waals surface area (Å²) in [6.45, 7) is 5.95. The summed E-state index contributed by atoms with van der Waals surface area (Å²) in [5.41, 5.74) is 1.43. The summed E-state index contributed by atoms with van der Waals surface area (Å²) in [5, 5.41) is 8.70. The normalized spacial score (nSPS) is 17.0. The summed E-state index contributed by atoms with van der Waals surface area (Å²) in [7, 11) is 1.71. The van der Waals surface area contributed by atoms with Crippen molar-refractivity contribution in [1.82, 2.24) is 15.5 Å². The van der Waals surface area contributed by atoms with Crippen molar-refractivity contribution in [3.05, 3.63) is 57.3 Å². The first kappa shape index (κ1) is 22.6. The van der Waals surface area contributed by atoms with E-state index in [2.05, 4.69) is 38.9 Å². The van der Waals surface area contributed by atoms with Crippen molar-refractivity contribution in [2.75, 3.05) is 39.9 Å². The highest BCUT2D eigenvalue weighted by atomic mass is 32.1. The van der Waals surface area contributed by atoms with Gasteiger partial charge in [0.2, 0.25) is 0 Å². The fourth-order valence-corrected chi connectivity index (χ4v) is 4.25. The zero-order valence-electron chi connectivity index (χ0n) is 17.1. The molecule has 164 valence electrons. The third kappa shape index (κ3) is 5.96. The molecule has 0 amide bonds. The highest BCUT2D eigenvalue weighted by Gasteiger charge is 2.31. The first-order valence-corrected chi connectivity index (χ1v) is 10.7. The van der Waals surface area contributed by atoms with Crippen LogP contribution < -0.4 is 10.6 Å². The molecule has 3 rings (SSSR count). The minimum atomic E-state index is -4.34. The van der Waals surface area contributed by atoms with E-state index in [1.54, 1.807) is 30.5 Å². The average Bonchev–Trinajstić information content (AvgIpc) is 3.15. The van der Waals surface area contributed by atoms with Crippen LogP contribution in [0.3, 0.4) is 0 Å². The number of alkyl halides is 3. The molecule has 1 aromatic heterocycles. The standard InChI is InChI=1S/C21H27F3N4OS/c1-15-7-12-30-19(15)14-27-20(25-2)26-13-18(28-8-10-29-11-9-28)16-3-5-17(6-4-16)21(22,23)24/h3-7,12,18H,8-11,13-14H2,1-2H3,(H2,25,26,27). The summed E-state index contributed by atoms with van der Waals surface area (Å²) in [5.74, 6) is 0.660. The van der Waals surface area contributed by atoms with Crippen molar-refractivity contribution in [3.63, 3.8) is 0 Å². The van der Waals surface area contributed by atoms with Crippen molar-refractivity contribution in [1.29, 1.82) is 0 Å². The maximum Gasteiger partial charge on any atom is 0.416 e. The number of thiophene rings is 1. The van der Waals surface area contributed by atoms with Crippen LogP contribution in [0.1, 0.15) is 27.6 Å². The highest BCUT2D eigenvalue weighted by Crippen LogP contribution is 2.31. The molecule has 1 unspecified atom stereocenters. The third-order valence-electron chi connectivity index (χ3n) is 5.18. The zero-order chi connectivity index (χ0) is 21.6. The number of nitrogens with one attached hydrogen (secondary N) is 2. The van der Waals surface area contributed by atoms with E-state index in [9.17, 15) is 13.2 Å². The number of aliphatic imine (C=N–C) groups is 1. The van der Waals surface area contributed by atoms with Gasteiger partial charge in [0.25, 0.3) is 0 Å². The van der Waals surface area contributed by atoms with Crippen LogP contribution in [0.15, 0.2) is 40.7 Å². The summed E-state index contributed by atoms with van der Waals surface area (Å²) >= 11 is 1.69. The average molecular weight is 441 g/mol. The Labute approximate surface area is 179 Å². The number of hydrogen-bond acceptors (Lipinski definition) is 4. The second-order valence-electron chi connectivity index (χ2n) is 7.12. The molecule has 0 aliphatic carbocycles. The Hall–Kier alpha value is -2.10. The Morgan fingerprint density at radius 3 is 2.43 bits per heavy atom. The molecule has 2 N–H and O–H groups in total. The van der Waals surface area contributed by atoms with Crippen molar-refractivity contribution in [3.8, 4) is 0 Å². The molecule has 1 fully saturated rings. The molecule has 1 aromatic carbocycles. The third-order valence-corrected chi connectivity index (χ3v) is 6.20. The lowest BCUT2D eigenvalue weighted by molar-refractivity contribution is -0.137. The van der Waals surface area contributed by atoms with E-state index in [1.165, 1.54) is 10.4 Å². The van der Waals surface area contributed by atoms with Gasteiger partial charge in [-0.3, -0.25) is 9.89 Å². The molecule has 0 spiro atoms. The fraction of sp³-hybridized carbons (Fsp3) is 0.476. The molecule has 0 saturated carbocycles. The summed E-state index contributed by atoms with van der Waals surface area (Å²) < 4.78 is 44.3.